The Balaban J connectivity index is 3.59. The lowest BCUT2D eigenvalue weighted by atomic mass is 10.0. The summed E-state index contributed by atoms with van der Waals surface area (Å²) in [5.74, 6) is 0. The first kappa shape index (κ1) is 16.7. The zero-order chi connectivity index (χ0) is 13.1. The van der Waals surface area contributed by atoms with Crippen molar-refractivity contribution in [3.05, 3.63) is 11.6 Å². The van der Waals surface area contributed by atoms with Gasteiger partial charge in [0.2, 0.25) is 0 Å². The molecule has 17 heavy (non-hydrogen) atoms. The Morgan fingerprint density at radius 3 is 1.94 bits per heavy atom. The molecule has 102 valence electrons. The van der Waals surface area contributed by atoms with Crippen molar-refractivity contribution in [2.45, 2.75) is 78.2 Å². The van der Waals surface area contributed by atoms with Crippen LogP contribution in [-0.2, 0) is 0 Å². The molecule has 1 nitrogen and oxygen atoms in total. The molecule has 0 aromatic rings. The molecule has 0 fully saturated rings. The first-order valence-electron chi connectivity index (χ1n) is 7.39. The molecule has 0 saturated carbocycles. The molecule has 0 amide bonds. The highest BCUT2D eigenvalue weighted by Crippen LogP contribution is 2.13. The van der Waals surface area contributed by atoms with Crippen molar-refractivity contribution in [1.29, 1.82) is 0 Å². The molecule has 0 N–H and O–H groups in total. The molecule has 0 aliphatic heterocycles. The van der Waals surface area contributed by atoms with Gasteiger partial charge in [0, 0.05) is 6.04 Å². The largest absolute Gasteiger partial charge is 0.303 e. The minimum Gasteiger partial charge on any atom is -0.303 e. The standard InChI is InChI=1S/C16H33N/c1-6-7-8-9-10-11-12-13-16(17(4)5)14-15(2)3/h14,16H,6-13H2,1-5H3. The Hall–Kier alpha value is -0.300. The van der Waals surface area contributed by atoms with Crippen LogP contribution < -0.4 is 0 Å². The fourth-order valence-corrected chi connectivity index (χ4v) is 2.19. The van der Waals surface area contributed by atoms with E-state index < -0.39 is 0 Å². The molecule has 0 bridgehead atoms. The molecule has 0 heterocycles. The van der Waals surface area contributed by atoms with Gasteiger partial charge in [-0.3, -0.25) is 0 Å². The average Bonchev–Trinajstić information content (AvgIpc) is 2.25. The lowest BCUT2D eigenvalue weighted by molar-refractivity contribution is 0.318. The van der Waals surface area contributed by atoms with Gasteiger partial charge >= 0.3 is 0 Å². The van der Waals surface area contributed by atoms with Crippen LogP contribution >= 0.6 is 0 Å². The minimum atomic E-state index is 0.635. The second-order valence-corrected chi connectivity index (χ2v) is 5.68. The van der Waals surface area contributed by atoms with Gasteiger partial charge in [0.15, 0.2) is 0 Å². The van der Waals surface area contributed by atoms with E-state index >= 15 is 0 Å². The molecular weight excluding hydrogens is 206 g/mol. The molecule has 0 aromatic heterocycles. The van der Waals surface area contributed by atoms with Gasteiger partial charge in [-0.2, -0.15) is 0 Å². The number of allylic oxidation sites excluding steroid dienone is 1. The highest BCUT2D eigenvalue weighted by molar-refractivity contribution is 5.00. The lowest BCUT2D eigenvalue weighted by Gasteiger charge is -2.21. The quantitative estimate of drug-likeness (QED) is 0.382. The van der Waals surface area contributed by atoms with E-state index in [4.69, 9.17) is 0 Å². The van der Waals surface area contributed by atoms with E-state index in [0.29, 0.717) is 6.04 Å². The van der Waals surface area contributed by atoms with Crippen molar-refractivity contribution < 1.29 is 0 Å². The van der Waals surface area contributed by atoms with Crippen molar-refractivity contribution in [1.82, 2.24) is 4.90 Å². The molecule has 1 atom stereocenters. The van der Waals surface area contributed by atoms with E-state index in [2.05, 4.69) is 45.8 Å². The first-order valence-corrected chi connectivity index (χ1v) is 7.39. The summed E-state index contributed by atoms with van der Waals surface area (Å²) in [5.41, 5.74) is 1.44. The van der Waals surface area contributed by atoms with Crippen LogP contribution in [-0.4, -0.2) is 25.0 Å². The van der Waals surface area contributed by atoms with Crippen LogP contribution in [0.15, 0.2) is 11.6 Å². The van der Waals surface area contributed by atoms with Gasteiger partial charge in [0.1, 0.15) is 0 Å². The summed E-state index contributed by atoms with van der Waals surface area (Å²) in [6, 6.07) is 0.635. The molecule has 0 aromatic carbocycles. The van der Waals surface area contributed by atoms with Crippen molar-refractivity contribution >= 4 is 0 Å². The van der Waals surface area contributed by atoms with Crippen LogP contribution in [0.1, 0.15) is 72.1 Å². The van der Waals surface area contributed by atoms with Crippen LogP contribution in [0.25, 0.3) is 0 Å². The van der Waals surface area contributed by atoms with Crippen LogP contribution in [0.5, 0.6) is 0 Å². The number of unbranched alkanes of at least 4 members (excludes halogenated alkanes) is 6. The Morgan fingerprint density at radius 1 is 0.941 bits per heavy atom. The predicted octanol–water partition coefficient (Wildman–Crippen LogP) is 5.02. The topological polar surface area (TPSA) is 3.24 Å². The number of nitrogens with zero attached hydrogens (tertiary/aromatic N) is 1. The van der Waals surface area contributed by atoms with Crippen molar-refractivity contribution in [3.63, 3.8) is 0 Å². The lowest BCUT2D eigenvalue weighted by Crippen LogP contribution is -2.26. The van der Waals surface area contributed by atoms with Gasteiger partial charge in [0.05, 0.1) is 0 Å². The summed E-state index contributed by atoms with van der Waals surface area (Å²) in [6.45, 7) is 6.67. The smallest absolute Gasteiger partial charge is 0.0274 e. The van der Waals surface area contributed by atoms with Crippen molar-refractivity contribution in [3.8, 4) is 0 Å². The van der Waals surface area contributed by atoms with E-state index in [0.717, 1.165) is 0 Å². The Bertz CT molecular complexity index is 190. The van der Waals surface area contributed by atoms with Gasteiger partial charge in [-0.05, 0) is 34.4 Å². The van der Waals surface area contributed by atoms with Gasteiger partial charge in [-0.15, -0.1) is 0 Å². The number of likely N-dealkylation sites (N-methyl/N-ethyl adjacent to an activating group) is 1. The fourth-order valence-electron chi connectivity index (χ4n) is 2.19. The molecule has 0 aliphatic carbocycles. The Morgan fingerprint density at radius 2 is 1.47 bits per heavy atom. The third-order valence-corrected chi connectivity index (χ3v) is 3.29. The zero-order valence-corrected chi connectivity index (χ0v) is 12.8. The summed E-state index contributed by atoms with van der Waals surface area (Å²) >= 11 is 0. The van der Waals surface area contributed by atoms with Gasteiger partial charge in [-0.1, -0.05) is 63.5 Å². The van der Waals surface area contributed by atoms with Crippen molar-refractivity contribution in [2.75, 3.05) is 14.1 Å². The Kier molecular flexibility index (Phi) is 10.6. The molecular formula is C16H33N. The molecule has 1 heteroatoms. The summed E-state index contributed by atoms with van der Waals surface area (Å²) < 4.78 is 0. The summed E-state index contributed by atoms with van der Waals surface area (Å²) in [5, 5.41) is 0. The second-order valence-electron chi connectivity index (χ2n) is 5.68. The van der Waals surface area contributed by atoms with E-state index in [1.165, 1.54) is 56.9 Å². The molecule has 0 aliphatic rings. The maximum Gasteiger partial charge on any atom is 0.0274 e. The normalized spacial score (nSPS) is 12.8. The highest BCUT2D eigenvalue weighted by atomic mass is 15.1. The highest BCUT2D eigenvalue weighted by Gasteiger charge is 2.07. The third kappa shape index (κ3) is 10.6. The summed E-state index contributed by atoms with van der Waals surface area (Å²) in [7, 11) is 4.37. The number of hydrogen-bond acceptors (Lipinski definition) is 1. The van der Waals surface area contributed by atoms with E-state index in [1.54, 1.807) is 0 Å². The molecule has 0 rings (SSSR count). The first-order chi connectivity index (χ1) is 8.07. The van der Waals surface area contributed by atoms with Crippen molar-refractivity contribution in [2.24, 2.45) is 0 Å². The van der Waals surface area contributed by atoms with Crippen LogP contribution in [0, 0.1) is 0 Å². The summed E-state index contributed by atoms with van der Waals surface area (Å²) in [6.07, 6.45) is 13.5. The van der Waals surface area contributed by atoms with Gasteiger partial charge in [0.25, 0.3) is 0 Å². The maximum absolute atomic E-state index is 2.40. The molecule has 0 saturated heterocycles. The summed E-state index contributed by atoms with van der Waals surface area (Å²) in [4.78, 5) is 2.34. The van der Waals surface area contributed by atoms with Gasteiger partial charge in [-0.25, -0.2) is 0 Å². The predicted molar refractivity (Wildman–Crippen MR) is 79.5 cm³/mol. The fraction of sp³-hybridized carbons (Fsp3) is 0.875. The minimum absolute atomic E-state index is 0.635. The second kappa shape index (κ2) is 10.8. The van der Waals surface area contributed by atoms with Crippen LogP contribution in [0.3, 0.4) is 0 Å². The monoisotopic (exact) mass is 239 g/mol. The van der Waals surface area contributed by atoms with Crippen LogP contribution in [0.2, 0.25) is 0 Å². The third-order valence-electron chi connectivity index (χ3n) is 3.29. The maximum atomic E-state index is 2.40. The van der Waals surface area contributed by atoms with E-state index in [1.807, 2.05) is 0 Å². The average molecular weight is 239 g/mol. The Labute approximate surface area is 109 Å². The van der Waals surface area contributed by atoms with E-state index in [-0.39, 0.29) is 0 Å². The number of rotatable bonds is 10. The van der Waals surface area contributed by atoms with Crippen LogP contribution in [0.4, 0.5) is 0 Å². The molecule has 0 spiro atoms. The van der Waals surface area contributed by atoms with E-state index in [9.17, 15) is 0 Å². The van der Waals surface area contributed by atoms with Gasteiger partial charge < -0.3 is 4.90 Å². The number of hydrogen-bond donors (Lipinski definition) is 0. The zero-order valence-electron chi connectivity index (χ0n) is 12.8. The SMILES string of the molecule is CCCCCCCCCC(C=C(C)C)N(C)C. The molecule has 1 unspecified atom stereocenters. The molecule has 0 radical (unpaired) electrons.